The number of benzene rings is 4. The number of carbonyl (C=O) groups is 4. The first-order valence-corrected chi connectivity index (χ1v) is 22.8. The highest BCUT2D eigenvalue weighted by atomic mass is 16.5. The van der Waals surface area contributed by atoms with E-state index < -0.39 is 22.8 Å². The summed E-state index contributed by atoms with van der Waals surface area (Å²) in [6.45, 7) is 16.6. The second-order valence-electron chi connectivity index (χ2n) is 20.5. The number of ether oxygens (including phenoxy) is 2. The molecule has 2 fully saturated rings. The molecule has 4 aliphatic carbocycles. The van der Waals surface area contributed by atoms with Crippen LogP contribution in [0.5, 0.6) is 11.5 Å². The molecule has 8 nitrogen and oxygen atoms in total. The zero-order valence-electron chi connectivity index (χ0n) is 37.7. The van der Waals surface area contributed by atoms with Crippen LogP contribution in [0.3, 0.4) is 0 Å². The maximum absolute atomic E-state index is 14.2. The monoisotopic (exact) mass is 838 g/mol. The molecule has 2 saturated carbocycles. The molecule has 0 bridgehead atoms. The molecule has 8 heteroatoms. The van der Waals surface area contributed by atoms with Gasteiger partial charge in [-0.1, -0.05) is 90.8 Å². The van der Waals surface area contributed by atoms with Crippen molar-refractivity contribution in [2.24, 2.45) is 22.7 Å². The van der Waals surface area contributed by atoms with Gasteiger partial charge in [-0.2, -0.15) is 0 Å². The molecule has 8 rings (SSSR count). The van der Waals surface area contributed by atoms with Crippen LogP contribution >= 0.6 is 0 Å². The third kappa shape index (κ3) is 7.15. The first-order chi connectivity index (χ1) is 29.3. The van der Waals surface area contributed by atoms with E-state index in [2.05, 4.69) is 26.0 Å². The lowest BCUT2D eigenvalue weighted by Gasteiger charge is -2.54. The van der Waals surface area contributed by atoms with Gasteiger partial charge in [0.25, 0.3) is 0 Å². The van der Waals surface area contributed by atoms with Gasteiger partial charge >= 0.3 is 23.9 Å². The second-order valence-corrected chi connectivity index (χ2v) is 20.5. The van der Waals surface area contributed by atoms with Crippen molar-refractivity contribution >= 4 is 23.9 Å². The Kier molecular flexibility index (Phi) is 11.1. The van der Waals surface area contributed by atoms with Crippen LogP contribution in [0.1, 0.15) is 173 Å². The van der Waals surface area contributed by atoms with E-state index in [0.29, 0.717) is 35.5 Å². The van der Waals surface area contributed by atoms with Crippen molar-refractivity contribution in [3.63, 3.8) is 0 Å². The highest BCUT2D eigenvalue weighted by molar-refractivity contribution is 5.91. The van der Waals surface area contributed by atoms with Crippen molar-refractivity contribution in [2.75, 3.05) is 0 Å². The van der Waals surface area contributed by atoms with E-state index in [0.717, 1.165) is 84.7 Å². The van der Waals surface area contributed by atoms with Gasteiger partial charge in [0.1, 0.15) is 11.5 Å². The lowest BCUT2D eigenvalue weighted by molar-refractivity contribution is -0.155. The summed E-state index contributed by atoms with van der Waals surface area (Å²) in [6, 6.07) is 23.0. The first-order valence-electron chi connectivity index (χ1n) is 22.8. The maximum atomic E-state index is 14.2. The molecular formula is C54H62O8. The molecule has 62 heavy (non-hydrogen) atoms. The van der Waals surface area contributed by atoms with Gasteiger partial charge in [-0.15, -0.1) is 0 Å². The fourth-order valence-corrected chi connectivity index (χ4v) is 12.8. The SMILES string of the molecule is CC(C)c1cc2c(cc1C(=O)O)C1(C)CCCC(C)(C(=O)Oc3ccc(-c4ccc(OC(=O)C5(C)CCCC6(C)c7cc(C(=O)O)c(C(C)C)cc7CCC56)cc4)cc3)C1CC2. The molecule has 2 N–H and O–H groups in total. The number of carbonyl (C=O) groups excluding carboxylic acids is 2. The summed E-state index contributed by atoms with van der Waals surface area (Å²) >= 11 is 0. The number of hydrogen-bond donors (Lipinski definition) is 2. The molecule has 6 unspecified atom stereocenters. The van der Waals surface area contributed by atoms with Gasteiger partial charge in [0.2, 0.25) is 0 Å². The average Bonchev–Trinajstić information content (AvgIpc) is 3.23. The van der Waals surface area contributed by atoms with Crippen LogP contribution in [0.4, 0.5) is 0 Å². The predicted octanol–water partition coefficient (Wildman–Crippen LogP) is 12.2. The van der Waals surface area contributed by atoms with Crippen LogP contribution in [0, 0.1) is 22.7 Å². The molecule has 0 aliphatic heterocycles. The zero-order valence-corrected chi connectivity index (χ0v) is 37.7. The molecule has 326 valence electrons. The molecule has 0 heterocycles. The Morgan fingerprint density at radius 2 is 0.903 bits per heavy atom. The standard InChI is InChI=1S/C54H62O8/c1-31(2)39-27-35-15-21-45-51(5,43(35)29-41(39)47(55)56)23-9-25-53(45,7)49(59)61-37-17-11-33(12-18-37)34-13-19-38(20-14-34)62-50(60)54(8)26-10-24-52(6)44-30-42(48(57)58)40(32(3)4)28-36(44)16-22-46(52)54/h11-14,17-20,27-32,45-46H,9-10,15-16,21-26H2,1-8H3,(H,55,56)(H,57,58). The maximum Gasteiger partial charge on any atom is 0.335 e. The van der Waals surface area contributed by atoms with Crippen LogP contribution in [0.15, 0.2) is 72.8 Å². The van der Waals surface area contributed by atoms with Gasteiger partial charge in [-0.05, 0) is 181 Å². The van der Waals surface area contributed by atoms with Gasteiger partial charge in [-0.25, -0.2) is 9.59 Å². The van der Waals surface area contributed by atoms with Crippen LogP contribution in [0.25, 0.3) is 11.1 Å². The number of hydrogen-bond acceptors (Lipinski definition) is 6. The fourth-order valence-electron chi connectivity index (χ4n) is 12.8. The largest absolute Gasteiger partial charge is 0.478 e. The fraction of sp³-hybridized carbons (Fsp3) is 0.481. The summed E-state index contributed by atoms with van der Waals surface area (Å²) in [5.41, 5.74) is 6.70. The van der Waals surface area contributed by atoms with Gasteiger partial charge in [0.05, 0.1) is 22.0 Å². The van der Waals surface area contributed by atoms with E-state index in [1.165, 1.54) is 11.1 Å². The van der Waals surface area contributed by atoms with Gasteiger partial charge in [-0.3, -0.25) is 9.59 Å². The number of aromatic carboxylic acids is 2. The number of carboxylic acids is 2. The van der Waals surface area contributed by atoms with Crippen molar-refractivity contribution in [1.82, 2.24) is 0 Å². The van der Waals surface area contributed by atoms with E-state index in [1.54, 1.807) is 0 Å². The van der Waals surface area contributed by atoms with Crippen molar-refractivity contribution in [1.29, 1.82) is 0 Å². The molecule has 0 amide bonds. The second kappa shape index (κ2) is 15.8. The summed E-state index contributed by atoms with van der Waals surface area (Å²) < 4.78 is 12.3. The number of fused-ring (bicyclic) bond motifs is 6. The first kappa shape index (κ1) is 43.4. The highest BCUT2D eigenvalue weighted by Gasteiger charge is 2.57. The summed E-state index contributed by atoms with van der Waals surface area (Å²) in [4.78, 5) is 53.1. The van der Waals surface area contributed by atoms with Crippen LogP contribution < -0.4 is 9.47 Å². The Labute approximate surface area is 366 Å². The normalized spacial score (nSPS) is 27.6. The van der Waals surface area contributed by atoms with Crippen molar-refractivity contribution in [2.45, 2.75) is 142 Å². The smallest absolute Gasteiger partial charge is 0.335 e. The minimum atomic E-state index is -0.910. The molecular weight excluding hydrogens is 777 g/mol. The van der Waals surface area contributed by atoms with E-state index in [1.807, 2.05) is 102 Å². The number of esters is 2. The minimum absolute atomic E-state index is 0.0110. The van der Waals surface area contributed by atoms with Crippen LogP contribution in [0.2, 0.25) is 0 Å². The van der Waals surface area contributed by atoms with Crippen LogP contribution in [-0.4, -0.2) is 34.1 Å². The summed E-state index contributed by atoms with van der Waals surface area (Å²) in [5, 5.41) is 20.3. The van der Waals surface area contributed by atoms with E-state index in [9.17, 15) is 29.4 Å². The van der Waals surface area contributed by atoms with Crippen molar-refractivity contribution in [3.8, 4) is 22.6 Å². The number of aryl methyl sites for hydroxylation is 2. The quantitative estimate of drug-likeness (QED) is 0.126. The summed E-state index contributed by atoms with van der Waals surface area (Å²) in [7, 11) is 0. The molecule has 4 aromatic rings. The Morgan fingerprint density at radius 3 is 1.23 bits per heavy atom. The highest BCUT2D eigenvalue weighted by Crippen LogP contribution is 2.60. The molecule has 0 spiro atoms. The summed E-state index contributed by atoms with van der Waals surface area (Å²) in [6.07, 6.45) is 8.19. The Bertz CT molecular complexity index is 2270. The lowest BCUT2D eigenvalue weighted by atomic mass is 9.49. The molecule has 0 aromatic heterocycles. The average molecular weight is 839 g/mol. The number of rotatable bonds is 9. The third-order valence-corrected chi connectivity index (χ3v) is 16.1. The third-order valence-electron chi connectivity index (χ3n) is 16.1. The van der Waals surface area contributed by atoms with Crippen LogP contribution in [-0.2, 0) is 33.3 Å². The Hall–Kier alpha value is -5.24. The number of carboxylic acid groups (broad SMARTS) is 2. The van der Waals surface area contributed by atoms with E-state index in [4.69, 9.17) is 9.47 Å². The zero-order chi connectivity index (χ0) is 44.5. The lowest BCUT2D eigenvalue weighted by Crippen LogP contribution is -2.53. The molecule has 4 aromatic carbocycles. The van der Waals surface area contributed by atoms with Gasteiger partial charge < -0.3 is 19.7 Å². The topological polar surface area (TPSA) is 127 Å². The van der Waals surface area contributed by atoms with Crippen molar-refractivity contribution in [3.05, 3.63) is 117 Å². The van der Waals surface area contributed by atoms with Gasteiger partial charge in [0.15, 0.2) is 0 Å². The minimum Gasteiger partial charge on any atom is -0.478 e. The van der Waals surface area contributed by atoms with E-state index >= 15 is 0 Å². The summed E-state index contributed by atoms with van der Waals surface area (Å²) in [5.74, 6) is -1.15. The molecule has 4 aliphatic rings. The predicted molar refractivity (Wildman–Crippen MR) is 240 cm³/mol. The van der Waals surface area contributed by atoms with Crippen molar-refractivity contribution < 1.29 is 38.9 Å². The Morgan fingerprint density at radius 1 is 0.548 bits per heavy atom. The van der Waals surface area contributed by atoms with Gasteiger partial charge in [0, 0.05) is 0 Å². The molecule has 0 radical (unpaired) electrons. The Balaban J connectivity index is 0.946. The molecule has 6 atom stereocenters. The molecule has 0 saturated heterocycles. The van der Waals surface area contributed by atoms with E-state index in [-0.39, 0.29) is 46.4 Å².